The fraction of sp³-hybridized carbons (Fsp3) is 0.143. The molecule has 1 heterocycles. The molecule has 0 saturated heterocycles. The van der Waals surface area contributed by atoms with Crippen LogP contribution in [-0.2, 0) is 11.8 Å². The average Bonchev–Trinajstić information content (AvgIpc) is 2.78. The second kappa shape index (κ2) is 5.31. The van der Waals surface area contributed by atoms with Gasteiger partial charge in [-0.3, -0.25) is 4.99 Å². The zero-order valence-corrected chi connectivity index (χ0v) is 10.3. The van der Waals surface area contributed by atoms with E-state index >= 15 is 0 Å². The quantitative estimate of drug-likeness (QED) is 0.613. The van der Waals surface area contributed by atoms with Gasteiger partial charge < -0.3 is 9.30 Å². The molecule has 0 aliphatic rings. The topological polar surface area (TPSA) is 43.6 Å². The molecule has 0 amide bonds. The third-order valence-electron chi connectivity index (χ3n) is 2.57. The summed E-state index contributed by atoms with van der Waals surface area (Å²) in [7, 11) is 3.23. The molecule has 0 aliphatic carbocycles. The zero-order valence-electron chi connectivity index (χ0n) is 10.3. The molecule has 18 heavy (non-hydrogen) atoms. The standard InChI is InChI=1S/C14H14N2O2/c1-16-10-11(14(17)18-2)8-13(16)9-15-12-6-4-3-5-7-12/h3-10H,1-2H3. The van der Waals surface area contributed by atoms with Crippen LogP contribution in [0.4, 0.5) is 5.69 Å². The van der Waals surface area contributed by atoms with Crippen molar-refractivity contribution in [3.63, 3.8) is 0 Å². The van der Waals surface area contributed by atoms with Gasteiger partial charge in [-0.15, -0.1) is 0 Å². The van der Waals surface area contributed by atoms with Crippen molar-refractivity contribution < 1.29 is 9.53 Å². The second-order valence-electron chi connectivity index (χ2n) is 3.85. The summed E-state index contributed by atoms with van der Waals surface area (Å²) in [6.07, 6.45) is 3.44. The van der Waals surface area contributed by atoms with Crippen molar-refractivity contribution in [2.24, 2.45) is 12.0 Å². The largest absolute Gasteiger partial charge is 0.465 e. The normalized spacial score (nSPS) is 10.8. The molecule has 0 radical (unpaired) electrons. The Morgan fingerprint density at radius 3 is 2.72 bits per heavy atom. The summed E-state index contributed by atoms with van der Waals surface area (Å²) in [6, 6.07) is 11.4. The molecule has 0 bridgehead atoms. The molecular weight excluding hydrogens is 228 g/mol. The SMILES string of the molecule is COC(=O)c1cc(C=Nc2ccccc2)n(C)c1. The van der Waals surface area contributed by atoms with Crippen LogP contribution in [0, 0.1) is 0 Å². The van der Waals surface area contributed by atoms with E-state index in [9.17, 15) is 4.79 Å². The molecule has 0 aliphatic heterocycles. The van der Waals surface area contributed by atoms with Gasteiger partial charge in [0.15, 0.2) is 0 Å². The summed E-state index contributed by atoms with van der Waals surface area (Å²) in [5.41, 5.74) is 2.24. The predicted octanol–water partition coefficient (Wildman–Crippen LogP) is 2.56. The first-order valence-corrected chi connectivity index (χ1v) is 5.54. The summed E-state index contributed by atoms with van der Waals surface area (Å²) in [4.78, 5) is 15.7. The minimum atomic E-state index is -0.343. The number of ether oxygens (including phenoxy) is 1. The molecule has 2 rings (SSSR count). The first-order chi connectivity index (χ1) is 8.70. The molecule has 1 aromatic carbocycles. The highest BCUT2D eigenvalue weighted by Gasteiger charge is 2.09. The Labute approximate surface area is 106 Å². The maximum absolute atomic E-state index is 11.4. The molecule has 0 saturated carbocycles. The molecule has 1 aromatic heterocycles. The highest BCUT2D eigenvalue weighted by molar-refractivity contribution is 5.92. The van der Waals surface area contributed by atoms with Crippen molar-refractivity contribution in [3.05, 3.63) is 53.9 Å². The van der Waals surface area contributed by atoms with Crippen LogP contribution in [0.25, 0.3) is 0 Å². The summed E-state index contributed by atoms with van der Waals surface area (Å²) in [5.74, 6) is -0.343. The number of nitrogens with zero attached hydrogens (tertiary/aromatic N) is 2. The lowest BCUT2D eigenvalue weighted by atomic mass is 10.3. The van der Waals surface area contributed by atoms with Crippen LogP contribution in [-0.4, -0.2) is 23.9 Å². The third-order valence-corrected chi connectivity index (χ3v) is 2.57. The van der Waals surface area contributed by atoms with E-state index in [1.165, 1.54) is 7.11 Å². The number of hydrogen-bond donors (Lipinski definition) is 0. The van der Waals surface area contributed by atoms with Gasteiger partial charge in [-0.25, -0.2) is 4.79 Å². The van der Waals surface area contributed by atoms with Crippen LogP contribution in [0.1, 0.15) is 16.1 Å². The summed E-state index contributed by atoms with van der Waals surface area (Å²) in [5, 5.41) is 0. The van der Waals surface area contributed by atoms with Crippen molar-refractivity contribution in [3.8, 4) is 0 Å². The maximum Gasteiger partial charge on any atom is 0.339 e. The van der Waals surface area contributed by atoms with E-state index < -0.39 is 0 Å². The van der Waals surface area contributed by atoms with Crippen molar-refractivity contribution in [1.29, 1.82) is 0 Å². The van der Waals surface area contributed by atoms with Crippen LogP contribution in [0.15, 0.2) is 47.6 Å². The van der Waals surface area contributed by atoms with Gasteiger partial charge in [0.05, 0.1) is 30.3 Å². The number of aromatic nitrogens is 1. The van der Waals surface area contributed by atoms with Gasteiger partial charge in [-0.2, -0.15) is 0 Å². The van der Waals surface area contributed by atoms with Gasteiger partial charge in [0.25, 0.3) is 0 Å². The van der Waals surface area contributed by atoms with Crippen molar-refractivity contribution in [2.75, 3.05) is 7.11 Å². The van der Waals surface area contributed by atoms with E-state index in [1.54, 1.807) is 18.5 Å². The lowest BCUT2D eigenvalue weighted by molar-refractivity contribution is 0.0600. The number of aryl methyl sites for hydroxylation is 1. The Morgan fingerprint density at radius 2 is 2.06 bits per heavy atom. The Hall–Kier alpha value is -2.36. The fourth-order valence-corrected chi connectivity index (χ4v) is 1.59. The van der Waals surface area contributed by atoms with E-state index in [1.807, 2.05) is 41.9 Å². The number of carbonyl (C=O) groups excluding carboxylic acids is 1. The van der Waals surface area contributed by atoms with E-state index in [-0.39, 0.29) is 5.97 Å². The molecule has 0 spiro atoms. The highest BCUT2D eigenvalue weighted by Crippen LogP contribution is 2.11. The van der Waals surface area contributed by atoms with Gasteiger partial charge in [0.1, 0.15) is 0 Å². The van der Waals surface area contributed by atoms with Gasteiger partial charge in [0.2, 0.25) is 0 Å². The second-order valence-corrected chi connectivity index (χ2v) is 3.85. The zero-order chi connectivity index (χ0) is 13.0. The molecular formula is C14H14N2O2. The minimum Gasteiger partial charge on any atom is -0.465 e. The summed E-state index contributed by atoms with van der Waals surface area (Å²) in [6.45, 7) is 0. The lowest BCUT2D eigenvalue weighted by Crippen LogP contribution is -1.98. The van der Waals surface area contributed by atoms with Crippen molar-refractivity contribution >= 4 is 17.9 Å². The fourth-order valence-electron chi connectivity index (χ4n) is 1.59. The van der Waals surface area contributed by atoms with E-state index in [4.69, 9.17) is 0 Å². The lowest BCUT2D eigenvalue weighted by Gasteiger charge is -1.95. The van der Waals surface area contributed by atoms with Crippen LogP contribution in [0.3, 0.4) is 0 Å². The molecule has 0 N–H and O–H groups in total. The number of aliphatic imine (C=N–C) groups is 1. The molecule has 0 fully saturated rings. The number of methoxy groups -OCH3 is 1. The first kappa shape index (κ1) is 12.1. The Bertz CT molecular complexity index is 571. The molecule has 4 nitrogen and oxygen atoms in total. The third kappa shape index (κ3) is 2.66. The molecule has 0 atom stereocenters. The summed E-state index contributed by atoms with van der Waals surface area (Å²) < 4.78 is 6.50. The van der Waals surface area contributed by atoms with E-state index in [0.717, 1.165) is 11.4 Å². The van der Waals surface area contributed by atoms with Crippen LogP contribution in [0.2, 0.25) is 0 Å². The van der Waals surface area contributed by atoms with Gasteiger partial charge in [-0.1, -0.05) is 18.2 Å². The average molecular weight is 242 g/mol. The Morgan fingerprint density at radius 1 is 1.33 bits per heavy atom. The Balaban J connectivity index is 2.22. The molecule has 0 unspecified atom stereocenters. The van der Waals surface area contributed by atoms with E-state index in [2.05, 4.69) is 9.73 Å². The molecule has 2 aromatic rings. The highest BCUT2D eigenvalue weighted by atomic mass is 16.5. The minimum absolute atomic E-state index is 0.343. The number of carbonyl (C=O) groups is 1. The Kier molecular flexibility index (Phi) is 3.57. The number of benzene rings is 1. The first-order valence-electron chi connectivity index (χ1n) is 5.54. The number of para-hydroxylation sites is 1. The number of rotatable bonds is 3. The van der Waals surface area contributed by atoms with Gasteiger partial charge >= 0.3 is 5.97 Å². The maximum atomic E-state index is 11.4. The van der Waals surface area contributed by atoms with Crippen LogP contribution in [0.5, 0.6) is 0 Å². The van der Waals surface area contributed by atoms with Gasteiger partial charge in [0, 0.05) is 13.2 Å². The van der Waals surface area contributed by atoms with Gasteiger partial charge in [-0.05, 0) is 18.2 Å². The van der Waals surface area contributed by atoms with Crippen LogP contribution >= 0.6 is 0 Å². The molecule has 4 heteroatoms. The monoisotopic (exact) mass is 242 g/mol. The predicted molar refractivity (Wildman–Crippen MR) is 70.4 cm³/mol. The van der Waals surface area contributed by atoms with Crippen molar-refractivity contribution in [2.45, 2.75) is 0 Å². The van der Waals surface area contributed by atoms with E-state index in [0.29, 0.717) is 5.56 Å². The number of hydrogen-bond acceptors (Lipinski definition) is 3. The number of esters is 1. The van der Waals surface area contributed by atoms with Crippen molar-refractivity contribution in [1.82, 2.24) is 4.57 Å². The summed E-state index contributed by atoms with van der Waals surface area (Å²) >= 11 is 0. The molecule has 92 valence electrons. The smallest absolute Gasteiger partial charge is 0.339 e. The van der Waals surface area contributed by atoms with Crippen LogP contribution < -0.4 is 0 Å².